The van der Waals surface area contributed by atoms with Crippen LogP contribution in [0.2, 0.25) is 0 Å². The molecule has 0 amide bonds. The average molecular weight is 334 g/mol. The van der Waals surface area contributed by atoms with E-state index in [-0.39, 0.29) is 14.8 Å². The fourth-order valence-corrected chi connectivity index (χ4v) is 4.79. The van der Waals surface area contributed by atoms with Gasteiger partial charge in [-0.05, 0) is 0 Å². The summed E-state index contributed by atoms with van der Waals surface area (Å²) in [4.78, 5) is 0. The zero-order valence-electron chi connectivity index (χ0n) is 13.7. The molecule has 0 saturated carbocycles. The van der Waals surface area contributed by atoms with Gasteiger partial charge in [0.25, 0.3) is 0 Å². The summed E-state index contributed by atoms with van der Waals surface area (Å²) >= 11 is 3.05. The molecule has 0 aliphatic rings. The molecule has 2 heteroatoms. The molecule has 0 nitrogen and oxygen atoms in total. The minimum atomic E-state index is 0.0682. The van der Waals surface area contributed by atoms with Crippen molar-refractivity contribution < 1.29 is 0 Å². The molecule has 0 atom stereocenters. The molecule has 0 saturated heterocycles. The third-order valence-corrected chi connectivity index (χ3v) is 6.40. The molecule has 4 rings (SSSR count). The van der Waals surface area contributed by atoms with Crippen LogP contribution >= 0.6 is 0 Å². The summed E-state index contributed by atoms with van der Waals surface area (Å²) in [7, 11) is 0. The first-order valence-corrected chi connectivity index (χ1v) is 10.1. The van der Waals surface area contributed by atoms with E-state index in [0.717, 1.165) is 0 Å². The summed E-state index contributed by atoms with van der Waals surface area (Å²) in [6.45, 7) is 2.21. The SMILES string of the molecule is [CH2]=[Al][c]1cc2c(cc1C)c(-c1ccccc1)[c]([Al])c1ccccc12. The van der Waals surface area contributed by atoms with Crippen LogP contribution in [-0.4, -0.2) is 36.5 Å². The number of aryl methyl sites for hydroxylation is 1. The van der Waals surface area contributed by atoms with Crippen LogP contribution in [0.1, 0.15) is 5.56 Å². The van der Waals surface area contributed by atoms with Crippen LogP contribution in [0.5, 0.6) is 0 Å². The van der Waals surface area contributed by atoms with E-state index in [1.807, 2.05) is 0 Å². The minimum absolute atomic E-state index is 0.0682. The van der Waals surface area contributed by atoms with Crippen LogP contribution in [0.15, 0.2) is 66.7 Å². The van der Waals surface area contributed by atoms with Crippen molar-refractivity contribution in [1.82, 2.24) is 0 Å². The summed E-state index contributed by atoms with van der Waals surface area (Å²) in [6, 6.07) is 24.1. The number of rotatable bonds is 2. The number of fused-ring (bicyclic) bond motifs is 3. The molecular weight excluding hydrogens is 318 g/mol. The van der Waals surface area contributed by atoms with Gasteiger partial charge in [-0.3, -0.25) is 0 Å². The molecule has 0 aliphatic carbocycles. The second kappa shape index (κ2) is 6.33. The van der Waals surface area contributed by atoms with Crippen LogP contribution in [0, 0.1) is 6.92 Å². The molecule has 0 bridgehead atoms. The molecular formula is C22H16Al2. The quantitative estimate of drug-likeness (QED) is 0.389. The maximum atomic E-state index is 4.18. The van der Waals surface area contributed by atoms with Gasteiger partial charge in [-0.15, -0.1) is 0 Å². The van der Waals surface area contributed by atoms with Crippen molar-refractivity contribution >= 4 is 66.9 Å². The second-order valence-corrected chi connectivity index (χ2v) is 7.77. The second-order valence-electron chi connectivity index (χ2n) is 6.16. The molecule has 110 valence electrons. The summed E-state index contributed by atoms with van der Waals surface area (Å²) in [6.07, 6.45) is 0. The maximum absolute atomic E-state index is 4.18. The van der Waals surface area contributed by atoms with Gasteiger partial charge < -0.3 is 0 Å². The van der Waals surface area contributed by atoms with Crippen molar-refractivity contribution in [2.24, 2.45) is 0 Å². The fraction of sp³-hybridized carbons (Fsp3) is 0.0455. The zero-order valence-corrected chi connectivity index (χ0v) is 16.0. The predicted molar refractivity (Wildman–Crippen MR) is 110 cm³/mol. The monoisotopic (exact) mass is 334 g/mol. The standard InChI is InChI=1S/C21H14.CH2.2Al/c1-15-11-12-19-18-10-6-5-9-17(18)14-20(21(19)13-15)16-7-3-2-4-8-16;;;/h2-10,12-13H,1H3;1H2;;. The van der Waals surface area contributed by atoms with Gasteiger partial charge in [-0.1, -0.05) is 0 Å². The van der Waals surface area contributed by atoms with Crippen LogP contribution in [0.4, 0.5) is 0 Å². The Hall–Kier alpha value is -1.67. The zero-order chi connectivity index (χ0) is 16.7. The van der Waals surface area contributed by atoms with Crippen LogP contribution < -0.4 is 8.85 Å². The average Bonchev–Trinajstić information content (AvgIpc) is 2.62. The van der Waals surface area contributed by atoms with Gasteiger partial charge in [-0.2, -0.15) is 0 Å². The Labute approximate surface area is 156 Å². The number of benzene rings is 4. The molecule has 0 spiro atoms. The fourth-order valence-electron chi connectivity index (χ4n) is 3.52. The Morgan fingerprint density at radius 1 is 0.792 bits per heavy atom. The predicted octanol–water partition coefficient (Wildman–Crippen LogP) is 3.52. The molecule has 24 heavy (non-hydrogen) atoms. The van der Waals surface area contributed by atoms with E-state index >= 15 is 0 Å². The molecule has 4 aromatic rings. The first-order chi connectivity index (χ1) is 11.7. The molecule has 0 aromatic heterocycles. The van der Waals surface area contributed by atoms with Gasteiger partial charge in [0.1, 0.15) is 0 Å². The molecule has 0 N–H and O–H groups in total. The molecule has 0 unspecified atom stereocenters. The van der Waals surface area contributed by atoms with Crippen LogP contribution in [0.3, 0.4) is 0 Å². The van der Waals surface area contributed by atoms with Crippen molar-refractivity contribution in [3.63, 3.8) is 0 Å². The van der Waals surface area contributed by atoms with Gasteiger partial charge in [0.15, 0.2) is 0 Å². The Morgan fingerprint density at radius 3 is 2.17 bits per heavy atom. The van der Waals surface area contributed by atoms with Crippen molar-refractivity contribution in [2.45, 2.75) is 6.92 Å². The topological polar surface area (TPSA) is 0 Å². The Bertz CT molecular complexity index is 1080. The van der Waals surface area contributed by atoms with Gasteiger partial charge in [0.2, 0.25) is 0 Å². The molecule has 0 heterocycles. The van der Waals surface area contributed by atoms with E-state index in [2.05, 4.69) is 95.3 Å². The van der Waals surface area contributed by atoms with E-state index in [0.29, 0.717) is 0 Å². The van der Waals surface area contributed by atoms with Gasteiger partial charge in [0.05, 0.1) is 0 Å². The molecule has 4 aromatic carbocycles. The summed E-state index contributed by atoms with van der Waals surface area (Å²) in [5, 5.41) is 9.49. The normalized spacial score (nSPS) is 10.9. The van der Waals surface area contributed by atoms with Gasteiger partial charge >= 0.3 is 157 Å². The summed E-state index contributed by atoms with van der Waals surface area (Å²) in [5.41, 5.74) is 3.94. The first kappa shape index (κ1) is 15.8. The van der Waals surface area contributed by atoms with Crippen molar-refractivity contribution in [3.8, 4) is 11.1 Å². The third kappa shape index (κ3) is 2.48. The van der Waals surface area contributed by atoms with Crippen molar-refractivity contribution in [1.29, 1.82) is 0 Å². The summed E-state index contributed by atoms with van der Waals surface area (Å²) in [5.74, 6) is 0. The van der Waals surface area contributed by atoms with Gasteiger partial charge in [-0.25, -0.2) is 0 Å². The molecule has 0 aliphatic heterocycles. The van der Waals surface area contributed by atoms with E-state index in [9.17, 15) is 0 Å². The van der Waals surface area contributed by atoms with E-state index in [4.69, 9.17) is 0 Å². The van der Waals surface area contributed by atoms with Crippen LogP contribution in [0.25, 0.3) is 32.7 Å². The first-order valence-electron chi connectivity index (χ1n) is 8.13. The molecule has 2 radical (unpaired) electrons. The number of hydrogen-bond donors (Lipinski definition) is 0. The Balaban J connectivity index is 2.27. The van der Waals surface area contributed by atoms with Crippen molar-refractivity contribution in [2.75, 3.05) is 0 Å². The Kier molecular flexibility index (Phi) is 4.18. The third-order valence-electron chi connectivity index (χ3n) is 4.73. The molecule has 0 fully saturated rings. The number of hydrogen-bond acceptors (Lipinski definition) is 0. The summed E-state index contributed by atoms with van der Waals surface area (Å²) < 4.78 is 2.68. The van der Waals surface area contributed by atoms with Crippen molar-refractivity contribution in [3.05, 3.63) is 72.3 Å². The van der Waals surface area contributed by atoms with E-state index < -0.39 is 0 Å². The Morgan fingerprint density at radius 2 is 1.46 bits per heavy atom. The van der Waals surface area contributed by atoms with Crippen LogP contribution in [-0.2, 0) is 0 Å². The van der Waals surface area contributed by atoms with Gasteiger partial charge in [0, 0.05) is 0 Å². The van der Waals surface area contributed by atoms with E-state index in [1.54, 1.807) is 0 Å². The van der Waals surface area contributed by atoms with E-state index in [1.165, 1.54) is 47.1 Å².